The van der Waals surface area contributed by atoms with Gasteiger partial charge >= 0.3 is 6.09 Å². The molecule has 0 atom stereocenters. The Bertz CT molecular complexity index is 826. The first kappa shape index (κ1) is 20.7. The van der Waals surface area contributed by atoms with Crippen LogP contribution in [-0.2, 0) is 22.4 Å². The second-order valence-electron chi connectivity index (χ2n) is 6.10. The van der Waals surface area contributed by atoms with Gasteiger partial charge < -0.3 is 10.1 Å². The monoisotopic (exact) mass is 389 g/mol. The highest BCUT2D eigenvalue weighted by atomic mass is 35.5. The summed E-state index contributed by atoms with van der Waals surface area (Å²) in [5.74, 6) is -0.0299. The average Bonchev–Trinajstić information content (AvgIpc) is 2.82. The Balaban J connectivity index is 0.00000261. The van der Waals surface area contributed by atoms with Gasteiger partial charge in [-0.15, -0.1) is 12.4 Å². The fraction of sp³-hybridized carbons (Fsp3) is 0.300. The van der Waals surface area contributed by atoms with E-state index in [-0.39, 0.29) is 24.9 Å². The maximum atomic E-state index is 13.0. The number of hydrogen-bond acceptors (Lipinski definition) is 4. The minimum absolute atomic E-state index is 0. The molecule has 0 unspecified atom stereocenters. The molecule has 6 nitrogen and oxygen atoms in total. The number of likely N-dealkylation sites (N-methyl/N-ethyl adjacent to an activating group) is 1. The number of rotatable bonds is 4. The number of halogens is 1. The third-order valence-corrected chi connectivity index (χ3v) is 4.43. The molecule has 1 aliphatic rings. The molecule has 2 amide bonds. The molecule has 2 N–H and O–H groups in total. The smallest absolute Gasteiger partial charge is 0.411 e. The summed E-state index contributed by atoms with van der Waals surface area (Å²) in [5.41, 5.74) is 4.49. The van der Waals surface area contributed by atoms with Crippen LogP contribution in [0.5, 0.6) is 0 Å². The quantitative estimate of drug-likeness (QED) is 0.837. The number of anilines is 3. The first-order valence-corrected chi connectivity index (χ1v) is 8.73. The molecule has 2 aromatic carbocycles. The Hall–Kier alpha value is -2.57. The molecule has 0 saturated heterocycles. The molecule has 0 aromatic heterocycles. The number of carbonyl (C=O) groups is 2. The van der Waals surface area contributed by atoms with Crippen LogP contribution in [0.3, 0.4) is 0 Å². The number of nitrogens with zero attached hydrogens (tertiary/aromatic N) is 1. The van der Waals surface area contributed by atoms with E-state index in [2.05, 4.69) is 21.4 Å². The number of ether oxygens (including phenoxy) is 1. The van der Waals surface area contributed by atoms with Crippen LogP contribution in [0.15, 0.2) is 42.5 Å². The zero-order chi connectivity index (χ0) is 18.5. The zero-order valence-corrected chi connectivity index (χ0v) is 16.3. The van der Waals surface area contributed by atoms with Crippen molar-refractivity contribution in [2.75, 3.05) is 30.4 Å². The fourth-order valence-corrected chi connectivity index (χ4v) is 3.15. The van der Waals surface area contributed by atoms with Crippen LogP contribution < -0.4 is 15.5 Å². The lowest BCUT2D eigenvalue weighted by atomic mass is 10.0. The Morgan fingerprint density at radius 2 is 1.78 bits per heavy atom. The van der Waals surface area contributed by atoms with E-state index in [0.29, 0.717) is 5.69 Å². The van der Waals surface area contributed by atoms with Gasteiger partial charge in [0.1, 0.15) is 0 Å². The van der Waals surface area contributed by atoms with Gasteiger partial charge in [0.05, 0.1) is 25.0 Å². The van der Waals surface area contributed by atoms with Crippen molar-refractivity contribution in [3.8, 4) is 0 Å². The SMILES string of the molecule is CCNCC(=O)N1c2ccccc2CCc2ccc(NC(=O)OC)cc21.Cl. The molecule has 0 saturated carbocycles. The van der Waals surface area contributed by atoms with Gasteiger partial charge in [0.25, 0.3) is 0 Å². The number of carbonyl (C=O) groups excluding carboxylic acids is 2. The largest absolute Gasteiger partial charge is 0.453 e. The van der Waals surface area contributed by atoms with Gasteiger partial charge in [-0.05, 0) is 48.7 Å². The van der Waals surface area contributed by atoms with Crippen LogP contribution >= 0.6 is 12.4 Å². The van der Waals surface area contributed by atoms with Gasteiger partial charge in [-0.2, -0.15) is 0 Å². The van der Waals surface area contributed by atoms with Crippen molar-refractivity contribution in [1.82, 2.24) is 5.32 Å². The summed E-state index contributed by atoms with van der Waals surface area (Å²) < 4.78 is 4.67. The van der Waals surface area contributed by atoms with Gasteiger partial charge in [-0.3, -0.25) is 15.0 Å². The van der Waals surface area contributed by atoms with Crippen LogP contribution in [-0.4, -0.2) is 32.2 Å². The second-order valence-corrected chi connectivity index (χ2v) is 6.10. The molecule has 0 bridgehead atoms. The van der Waals surface area contributed by atoms with Crippen LogP contribution in [0.25, 0.3) is 0 Å². The first-order chi connectivity index (χ1) is 12.6. The molecule has 1 aliphatic heterocycles. The van der Waals surface area contributed by atoms with Crippen molar-refractivity contribution in [3.63, 3.8) is 0 Å². The molecule has 144 valence electrons. The number of amides is 2. The minimum Gasteiger partial charge on any atom is -0.453 e. The number of fused-ring (bicyclic) bond motifs is 2. The zero-order valence-electron chi connectivity index (χ0n) is 15.5. The number of methoxy groups -OCH3 is 1. The summed E-state index contributed by atoms with van der Waals surface area (Å²) in [6, 6.07) is 13.6. The molecule has 0 aliphatic carbocycles. The molecule has 3 rings (SSSR count). The van der Waals surface area contributed by atoms with Crippen molar-refractivity contribution in [3.05, 3.63) is 53.6 Å². The summed E-state index contributed by atoms with van der Waals surface area (Å²) >= 11 is 0. The van der Waals surface area contributed by atoms with E-state index in [1.807, 2.05) is 43.3 Å². The molecule has 2 aromatic rings. The minimum atomic E-state index is -0.538. The number of para-hydroxylation sites is 1. The maximum absolute atomic E-state index is 13.0. The van der Waals surface area contributed by atoms with Gasteiger partial charge in [-0.1, -0.05) is 31.2 Å². The van der Waals surface area contributed by atoms with Crippen LogP contribution in [0.4, 0.5) is 21.9 Å². The molecule has 7 heteroatoms. The summed E-state index contributed by atoms with van der Waals surface area (Å²) in [7, 11) is 1.32. The predicted molar refractivity (Wildman–Crippen MR) is 109 cm³/mol. The van der Waals surface area contributed by atoms with Crippen molar-refractivity contribution < 1.29 is 14.3 Å². The first-order valence-electron chi connectivity index (χ1n) is 8.73. The maximum Gasteiger partial charge on any atom is 0.411 e. The van der Waals surface area contributed by atoms with E-state index in [0.717, 1.165) is 41.9 Å². The Labute approximate surface area is 165 Å². The van der Waals surface area contributed by atoms with Crippen molar-refractivity contribution in [1.29, 1.82) is 0 Å². The van der Waals surface area contributed by atoms with E-state index >= 15 is 0 Å². The molecular weight excluding hydrogens is 366 g/mol. The summed E-state index contributed by atoms with van der Waals surface area (Å²) in [6.45, 7) is 2.94. The lowest BCUT2D eigenvalue weighted by Gasteiger charge is -2.25. The normalized spacial score (nSPS) is 12.1. The fourth-order valence-electron chi connectivity index (χ4n) is 3.15. The molecule has 0 radical (unpaired) electrons. The van der Waals surface area contributed by atoms with E-state index in [1.165, 1.54) is 7.11 Å². The van der Waals surface area contributed by atoms with E-state index in [4.69, 9.17) is 0 Å². The lowest BCUT2D eigenvalue weighted by Crippen LogP contribution is -2.35. The van der Waals surface area contributed by atoms with E-state index in [1.54, 1.807) is 4.90 Å². The lowest BCUT2D eigenvalue weighted by molar-refractivity contribution is -0.117. The highest BCUT2D eigenvalue weighted by Gasteiger charge is 2.25. The Kier molecular flexibility index (Phi) is 7.21. The van der Waals surface area contributed by atoms with Gasteiger partial charge in [0.15, 0.2) is 0 Å². The standard InChI is InChI=1S/C20H23N3O3.ClH/c1-3-21-13-19(24)23-17-7-5-4-6-14(17)8-9-15-10-11-16(12-18(15)23)22-20(25)26-2;/h4-7,10-12,21H,3,8-9,13H2,1-2H3,(H,22,25);1H. The van der Waals surface area contributed by atoms with Gasteiger partial charge in [0.2, 0.25) is 5.91 Å². The van der Waals surface area contributed by atoms with Crippen molar-refractivity contribution in [2.45, 2.75) is 19.8 Å². The molecule has 0 fully saturated rings. The summed E-state index contributed by atoms with van der Waals surface area (Å²) in [6.07, 6.45) is 1.15. The third kappa shape index (κ3) is 4.59. The molecular formula is C20H24ClN3O3. The van der Waals surface area contributed by atoms with Crippen LogP contribution in [0.1, 0.15) is 18.1 Å². The van der Waals surface area contributed by atoms with Crippen LogP contribution in [0, 0.1) is 0 Å². The third-order valence-electron chi connectivity index (χ3n) is 4.43. The van der Waals surface area contributed by atoms with Gasteiger partial charge in [0, 0.05) is 5.69 Å². The molecule has 0 spiro atoms. The Morgan fingerprint density at radius 1 is 1.07 bits per heavy atom. The predicted octanol–water partition coefficient (Wildman–Crippen LogP) is 3.66. The molecule has 1 heterocycles. The topological polar surface area (TPSA) is 70.7 Å². The van der Waals surface area contributed by atoms with E-state index < -0.39 is 6.09 Å². The average molecular weight is 390 g/mol. The van der Waals surface area contributed by atoms with Crippen molar-refractivity contribution in [2.24, 2.45) is 0 Å². The highest BCUT2D eigenvalue weighted by Crippen LogP contribution is 2.37. The second kappa shape index (κ2) is 9.39. The summed E-state index contributed by atoms with van der Waals surface area (Å²) in [4.78, 5) is 26.3. The number of hydrogen-bond donors (Lipinski definition) is 2. The number of nitrogens with one attached hydrogen (secondary N) is 2. The van der Waals surface area contributed by atoms with Crippen molar-refractivity contribution >= 4 is 41.5 Å². The highest BCUT2D eigenvalue weighted by molar-refractivity contribution is 6.04. The van der Waals surface area contributed by atoms with Crippen LogP contribution in [0.2, 0.25) is 0 Å². The summed E-state index contributed by atoms with van der Waals surface area (Å²) in [5, 5.41) is 5.78. The Morgan fingerprint density at radius 3 is 2.48 bits per heavy atom. The van der Waals surface area contributed by atoms with Gasteiger partial charge in [-0.25, -0.2) is 4.79 Å². The van der Waals surface area contributed by atoms with E-state index in [9.17, 15) is 9.59 Å². The number of benzene rings is 2. The number of aryl methyl sites for hydroxylation is 2. The molecule has 27 heavy (non-hydrogen) atoms.